The van der Waals surface area contributed by atoms with Gasteiger partial charge < -0.3 is 10.2 Å². The van der Waals surface area contributed by atoms with Crippen molar-refractivity contribution in [2.45, 2.75) is 34.1 Å². The second-order valence-electron chi connectivity index (χ2n) is 6.47. The van der Waals surface area contributed by atoms with Crippen LogP contribution in [0.25, 0.3) is 0 Å². The summed E-state index contributed by atoms with van der Waals surface area (Å²) in [6, 6.07) is 7.42. The molecule has 0 unspecified atom stereocenters. The van der Waals surface area contributed by atoms with E-state index in [1.54, 1.807) is 12.1 Å². The first-order chi connectivity index (χ1) is 11.7. The summed E-state index contributed by atoms with van der Waals surface area (Å²) in [6.07, 6.45) is 1.30. The molecule has 1 rings (SSSR count). The number of hydrogen-bond donors (Lipinski definition) is 1. The Labute approximate surface area is 152 Å². The fourth-order valence-electron chi connectivity index (χ4n) is 2.51. The van der Waals surface area contributed by atoms with Crippen LogP contribution in [-0.4, -0.2) is 46.8 Å². The van der Waals surface area contributed by atoms with E-state index in [1.807, 2.05) is 26.0 Å². The van der Waals surface area contributed by atoms with Crippen molar-refractivity contribution in [1.29, 1.82) is 0 Å². The van der Waals surface area contributed by atoms with Crippen LogP contribution >= 0.6 is 0 Å². The Balaban J connectivity index is 2.84. The molecule has 0 heterocycles. The topological polar surface area (TPSA) is 69.7 Å². The Morgan fingerprint density at radius 2 is 1.60 bits per heavy atom. The molecule has 0 aliphatic heterocycles. The van der Waals surface area contributed by atoms with Crippen molar-refractivity contribution >= 4 is 27.3 Å². The van der Waals surface area contributed by atoms with E-state index in [4.69, 9.17) is 0 Å². The second-order valence-corrected chi connectivity index (χ2v) is 8.38. The number of hydrogen-bond acceptors (Lipinski definition) is 4. The standard InChI is InChI=1S/C18H31N3O3S/c1-6-20(7-2)16-8-10-17(11-9-16)21(25(5,23)24)13-12-18(22)19-14-15(3)4/h8-11,15H,6-7,12-14H2,1-5H3,(H,19,22). The van der Waals surface area contributed by atoms with Crippen molar-refractivity contribution in [3.8, 4) is 0 Å². The van der Waals surface area contributed by atoms with Gasteiger partial charge in [-0.25, -0.2) is 8.42 Å². The molecule has 142 valence electrons. The maximum Gasteiger partial charge on any atom is 0.232 e. The smallest absolute Gasteiger partial charge is 0.232 e. The van der Waals surface area contributed by atoms with E-state index in [-0.39, 0.29) is 18.9 Å². The van der Waals surface area contributed by atoms with Gasteiger partial charge in [-0.1, -0.05) is 13.8 Å². The van der Waals surface area contributed by atoms with Gasteiger partial charge in [0.2, 0.25) is 15.9 Å². The Morgan fingerprint density at radius 1 is 1.08 bits per heavy atom. The fourth-order valence-corrected chi connectivity index (χ4v) is 3.44. The second kappa shape index (κ2) is 9.65. The molecule has 6 nitrogen and oxygen atoms in total. The first-order valence-electron chi connectivity index (χ1n) is 8.78. The molecular weight excluding hydrogens is 338 g/mol. The van der Waals surface area contributed by atoms with E-state index in [0.29, 0.717) is 18.2 Å². The number of amides is 1. The summed E-state index contributed by atoms with van der Waals surface area (Å²) in [7, 11) is -3.45. The Bertz CT molecular complexity index is 638. The summed E-state index contributed by atoms with van der Waals surface area (Å²) in [4.78, 5) is 14.1. The summed E-state index contributed by atoms with van der Waals surface area (Å²) >= 11 is 0. The van der Waals surface area contributed by atoms with Crippen LogP contribution < -0.4 is 14.5 Å². The summed E-state index contributed by atoms with van der Waals surface area (Å²) < 4.78 is 25.5. The lowest BCUT2D eigenvalue weighted by atomic mass is 10.2. The Morgan fingerprint density at radius 3 is 2.04 bits per heavy atom. The molecule has 0 fully saturated rings. The van der Waals surface area contributed by atoms with Crippen molar-refractivity contribution in [1.82, 2.24) is 5.32 Å². The molecule has 0 aliphatic rings. The average Bonchev–Trinajstić information content (AvgIpc) is 2.54. The van der Waals surface area contributed by atoms with E-state index in [1.165, 1.54) is 4.31 Å². The van der Waals surface area contributed by atoms with Crippen LogP contribution in [0.1, 0.15) is 34.1 Å². The molecule has 0 saturated heterocycles. The van der Waals surface area contributed by atoms with E-state index in [9.17, 15) is 13.2 Å². The lowest BCUT2D eigenvalue weighted by Gasteiger charge is -2.25. The van der Waals surface area contributed by atoms with Gasteiger partial charge in [0.25, 0.3) is 0 Å². The summed E-state index contributed by atoms with van der Waals surface area (Å²) in [5.41, 5.74) is 1.63. The van der Waals surface area contributed by atoms with Crippen molar-refractivity contribution in [3.63, 3.8) is 0 Å². The van der Waals surface area contributed by atoms with Crippen molar-refractivity contribution in [2.24, 2.45) is 5.92 Å². The lowest BCUT2D eigenvalue weighted by molar-refractivity contribution is -0.121. The van der Waals surface area contributed by atoms with Crippen molar-refractivity contribution < 1.29 is 13.2 Å². The van der Waals surface area contributed by atoms with Gasteiger partial charge in [-0.3, -0.25) is 9.10 Å². The predicted molar refractivity (Wildman–Crippen MR) is 105 cm³/mol. The van der Waals surface area contributed by atoms with Crippen LogP contribution in [-0.2, 0) is 14.8 Å². The van der Waals surface area contributed by atoms with Crippen LogP contribution in [0.5, 0.6) is 0 Å². The zero-order valence-corrected chi connectivity index (χ0v) is 16.8. The molecule has 1 N–H and O–H groups in total. The first kappa shape index (κ1) is 21.3. The van der Waals surface area contributed by atoms with Gasteiger partial charge in [-0.15, -0.1) is 0 Å². The lowest BCUT2D eigenvalue weighted by Crippen LogP contribution is -2.35. The van der Waals surface area contributed by atoms with E-state index in [2.05, 4.69) is 24.1 Å². The quantitative estimate of drug-likeness (QED) is 0.688. The number of carbonyl (C=O) groups is 1. The molecular formula is C18H31N3O3S. The minimum absolute atomic E-state index is 0.132. The van der Waals surface area contributed by atoms with Gasteiger partial charge in [0.15, 0.2) is 0 Å². The first-order valence-corrected chi connectivity index (χ1v) is 10.6. The number of benzene rings is 1. The van der Waals surface area contributed by atoms with Gasteiger partial charge in [0, 0.05) is 38.3 Å². The highest BCUT2D eigenvalue weighted by atomic mass is 32.2. The highest BCUT2D eigenvalue weighted by Gasteiger charge is 2.19. The fraction of sp³-hybridized carbons (Fsp3) is 0.611. The molecule has 0 aromatic heterocycles. The molecule has 0 atom stereocenters. The largest absolute Gasteiger partial charge is 0.372 e. The van der Waals surface area contributed by atoms with Gasteiger partial charge in [-0.05, 0) is 44.0 Å². The number of nitrogens with zero attached hydrogens (tertiary/aromatic N) is 2. The third-order valence-electron chi connectivity index (χ3n) is 3.92. The molecule has 1 aromatic rings. The summed E-state index contributed by atoms with van der Waals surface area (Å²) in [5.74, 6) is 0.227. The molecule has 0 aliphatic carbocycles. The summed E-state index contributed by atoms with van der Waals surface area (Å²) in [5, 5.41) is 2.81. The molecule has 7 heteroatoms. The molecule has 0 radical (unpaired) electrons. The van der Waals surface area contributed by atoms with Gasteiger partial charge in [-0.2, -0.15) is 0 Å². The van der Waals surface area contributed by atoms with Crippen molar-refractivity contribution in [2.75, 3.05) is 41.6 Å². The highest BCUT2D eigenvalue weighted by molar-refractivity contribution is 7.92. The van der Waals surface area contributed by atoms with Crippen molar-refractivity contribution in [3.05, 3.63) is 24.3 Å². The van der Waals surface area contributed by atoms with E-state index < -0.39 is 10.0 Å². The van der Waals surface area contributed by atoms with Crippen LogP contribution in [0.2, 0.25) is 0 Å². The molecule has 1 aromatic carbocycles. The van der Waals surface area contributed by atoms with Crippen LogP contribution in [0.4, 0.5) is 11.4 Å². The minimum atomic E-state index is -3.45. The normalized spacial score (nSPS) is 11.4. The number of rotatable bonds is 10. The number of nitrogens with one attached hydrogen (secondary N) is 1. The predicted octanol–water partition coefficient (Wildman–Crippen LogP) is 2.46. The molecule has 0 saturated carbocycles. The number of anilines is 2. The Hall–Kier alpha value is -1.76. The maximum atomic E-state index is 12.1. The summed E-state index contributed by atoms with van der Waals surface area (Å²) in [6.45, 7) is 10.7. The third kappa shape index (κ3) is 6.94. The molecule has 1 amide bonds. The van der Waals surface area contributed by atoms with Gasteiger partial charge in [0.05, 0.1) is 11.9 Å². The number of carbonyl (C=O) groups excluding carboxylic acids is 1. The highest BCUT2D eigenvalue weighted by Crippen LogP contribution is 2.22. The molecule has 25 heavy (non-hydrogen) atoms. The zero-order chi connectivity index (χ0) is 19.0. The van der Waals surface area contributed by atoms with E-state index >= 15 is 0 Å². The third-order valence-corrected chi connectivity index (χ3v) is 5.11. The SMILES string of the molecule is CCN(CC)c1ccc(N(CCC(=O)NCC(C)C)S(C)(=O)=O)cc1. The van der Waals surface area contributed by atoms with Gasteiger partial charge >= 0.3 is 0 Å². The number of sulfonamides is 1. The van der Waals surface area contributed by atoms with Crippen LogP contribution in [0, 0.1) is 5.92 Å². The average molecular weight is 370 g/mol. The van der Waals surface area contributed by atoms with Crippen LogP contribution in [0.15, 0.2) is 24.3 Å². The van der Waals surface area contributed by atoms with Crippen LogP contribution in [0.3, 0.4) is 0 Å². The maximum absolute atomic E-state index is 12.1. The Kier molecular flexibility index (Phi) is 8.22. The monoisotopic (exact) mass is 369 g/mol. The zero-order valence-electron chi connectivity index (χ0n) is 15.9. The van der Waals surface area contributed by atoms with E-state index in [0.717, 1.165) is 25.0 Å². The van der Waals surface area contributed by atoms with Gasteiger partial charge in [0.1, 0.15) is 0 Å². The molecule has 0 bridgehead atoms. The molecule has 0 spiro atoms. The minimum Gasteiger partial charge on any atom is -0.372 e.